The maximum atomic E-state index is 12.5. The van der Waals surface area contributed by atoms with Crippen molar-refractivity contribution in [2.75, 3.05) is 6.61 Å². The number of fused-ring (bicyclic) bond motifs is 1. The van der Waals surface area contributed by atoms with Crippen molar-refractivity contribution < 1.29 is 14.9 Å². The number of unbranched alkanes of at least 4 members (excludes halogenated alkanes) is 1. The van der Waals surface area contributed by atoms with Crippen molar-refractivity contribution in [3.05, 3.63) is 41.2 Å². The Balaban J connectivity index is 2.72. The van der Waals surface area contributed by atoms with Crippen LogP contribution < -0.4 is 10.3 Å². The highest BCUT2D eigenvalue weighted by Gasteiger charge is 2.17. The van der Waals surface area contributed by atoms with E-state index in [2.05, 4.69) is 6.58 Å². The second-order valence-electron chi connectivity index (χ2n) is 4.79. The summed E-state index contributed by atoms with van der Waals surface area (Å²) in [7, 11) is 0. The van der Waals surface area contributed by atoms with Crippen molar-refractivity contribution in [1.82, 2.24) is 4.57 Å². The van der Waals surface area contributed by atoms with Crippen LogP contribution in [-0.4, -0.2) is 21.4 Å². The summed E-state index contributed by atoms with van der Waals surface area (Å²) in [5, 5.41) is 20.3. The average molecular weight is 289 g/mol. The van der Waals surface area contributed by atoms with Crippen molar-refractivity contribution >= 4 is 10.9 Å². The van der Waals surface area contributed by atoms with Gasteiger partial charge in [0.1, 0.15) is 12.4 Å². The SMILES string of the molecule is C=CCOc1c(O)c2ccc(O)cc2n(CCCC)c1=O. The first-order chi connectivity index (χ1) is 10.1. The Morgan fingerprint density at radius 1 is 1.38 bits per heavy atom. The van der Waals surface area contributed by atoms with Crippen LogP contribution in [0.4, 0.5) is 0 Å². The minimum absolute atomic E-state index is 0.0475. The molecule has 2 aromatic rings. The first kappa shape index (κ1) is 15.0. The lowest BCUT2D eigenvalue weighted by Crippen LogP contribution is -2.23. The number of aromatic hydroxyl groups is 2. The van der Waals surface area contributed by atoms with E-state index in [0.29, 0.717) is 17.4 Å². The van der Waals surface area contributed by atoms with Gasteiger partial charge in [-0.25, -0.2) is 0 Å². The van der Waals surface area contributed by atoms with Gasteiger partial charge in [0.15, 0.2) is 5.75 Å². The van der Waals surface area contributed by atoms with Crippen LogP contribution >= 0.6 is 0 Å². The molecule has 0 spiro atoms. The van der Waals surface area contributed by atoms with Crippen molar-refractivity contribution in [3.63, 3.8) is 0 Å². The van der Waals surface area contributed by atoms with Crippen LogP contribution in [0.25, 0.3) is 10.9 Å². The second-order valence-corrected chi connectivity index (χ2v) is 4.79. The van der Waals surface area contributed by atoms with Gasteiger partial charge >= 0.3 is 0 Å². The molecule has 112 valence electrons. The number of phenolic OH excluding ortho intramolecular Hbond substituents is 1. The van der Waals surface area contributed by atoms with E-state index >= 15 is 0 Å². The van der Waals surface area contributed by atoms with Gasteiger partial charge in [0.25, 0.3) is 5.56 Å². The maximum Gasteiger partial charge on any atom is 0.297 e. The third-order valence-corrected chi connectivity index (χ3v) is 3.26. The van der Waals surface area contributed by atoms with Crippen LogP contribution in [0.3, 0.4) is 0 Å². The Morgan fingerprint density at radius 2 is 2.14 bits per heavy atom. The van der Waals surface area contributed by atoms with Crippen LogP contribution in [0.1, 0.15) is 19.8 Å². The van der Waals surface area contributed by atoms with E-state index in [9.17, 15) is 15.0 Å². The predicted octanol–water partition coefficient (Wildman–Crippen LogP) is 2.78. The highest BCUT2D eigenvalue weighted by molar-refractivity contribution is 5.88. The molecule has 0 amide bonds. The fraction of sp³-hybridized carbons (Fsp3) is 0.312. The van der Waals surface area contributed by atoms with Gasteiger partial charge in [-0.2, -0.15) is 0 Å². The number of ether oxygens (including phenoxy) is 1. The molecule has 0 aliphatic heterocycles. The van der Waals surface area contributed by atoms with Gasteiger partial charge in [0.2, 0.25) is 5.75 Å². The molecule has 0 bridgehead atoms. The van der Waals surface area contributed by atoms with Gasteiger partial charge in [-0.1, -0.05) is 26.0 Å². The minimum atomic E-state index is -0.402. The maximum absolute atomic E-state index is 12.5. The number of nitrogens with zero attached hydrogens (tertiary/aromatic N) is 1. The summed E-state index contributed by atoms with van der Waals surface area (Å²) in [5.74, 6) is -0.236. The smallest absolute Gasteiger partial charge is 0.297 e. The van der Waals surface area contributed by atoms with Gasteiger partial charge < -0.3 is 19.5 Å². The molecule has 0 saturated heterocycles. The van der Waals surface area contributed by atoms with E-state index < -0.39 is 5.56 Å². The van der Waals surface area contributed by atoms with Crippen molar-refractivity contribution in [2.45, 2.75) is 26.3 Å². The zero-order valence-corrected chi connectivity index (χ0v) is 12.0. The summed E-state index contributed by atoms with van der Waals surface area (Å²) >= 11 is 0. The molecule has 0 atom stereocenters. The van der Waals surface area contributed by atoms with Gasteiger partial charge in [0.05, 0.1) is 5.52 Å². The number of aromatic nitrogens is 1. The van der Waals surface area contributed by atoms with Gasteiger partial charge in [-0.15, -0.1) is 0 Å². The molecule has 21 heavy (non-hydrogen) atoms. The normalized spacial score (nSPS) is 10.7. The summed E-state index contributed by atoms with van der Waals surface area (Å²) in [6.45, 7) is 6.20. The lowest BCUT2D eigenvalue weighted by molar-refractivity contribution is 0.329. The number of benzene rings is 1. The molecule has 0 fully saturated rings. The van der Waals surface area contributed by atoms with E-state index in [4.69, 9.17) is 4.74 Å². The zero-order valence-electron chi connectivity index (χ0n) is 12.0. The van der Waals surface area contributed by atoms with E-state index in [1.54, 1.807) is 6.07 Å². The molecule has 5 nitrogen and oxygen atoms in total. The van der Waals surface area contributed by atoms with Crippen molar-refractivity contribution in [2.24, 2.45) is 0 Å². The van der Waals surface area contributed by atoms with Crippen LogP contribution in [0.2, 0.25) is 0 Å². The van der Waals surface area contributed by atoms with E-state index in [0.717, 1.165) is 12.8 Å². The molecule has 0 radical (unpaired) electrons. The Kier molecular flexibility index (Phi) is 4.52. The van der Waals surface area contributed by atoms with Gasteiger partial charge in [-0.3, -0.25) is 4.79 Å². The predicted molar refractivity (Wildman–Crippen MR) is 82.1 cm³/mol. The van der Waals surface area contributed by atoms with Crippen LogP contribution in [-0.2, 0) is 6.54 Å². The van der Waals surface area contributed by atoms with E-state index in [1.807, 2.05) is 6.92 Å². The second kappa shape index (κ2) is 6.35. The number of aryl methyl sites for hydroxylation is 1. The summed E-state index contributed by atoms with van der Waals surface area (Å²) < 4.78 is 6.84. The molecular weight excluding hydrogens is 270 g/mol. The number of pyridine rings is 1. The molecule has 0 unspecified atom stereocenters. The third kappa shape index (κ3) is 2.86. The highest BCUT2D eigenvalue weighted by Crippen LogP contribution is 2.33. The lowest BCUT2D eigenvalue weighted by Gasteiger charge is -2.15. The number of phenols is 1. The van der Waals surface area contributed by atoms with Gasteiger partial charge in [-0.05, 0) is 18.6 Å². The zero-order chi connectivity index (χ0) is 15.4. The van der Waals surface area contributed by atoms with E-state index in [-0.39, 0.29) is 23.9 Å². The first-order valence-corrected chi connectivity index (χ1v) is 6.92. The Labute approximate surface area is 122 Å². The van der Waals surface area contributed by atoms with Gasteiger partial charge in [0, 0.05) is 18.0 Å². The Bertz CT molecular complexity index is 718. The third-order valence-electron chi connectivity index (χ3n) is 3.26. The number of hydrogen-bond acceptors (Lipinski definition) is 4. The van der Waals surface area contributed by atoms with Crippen LogP contribution in [0.5, 0.6) is 17.2 Å². The fourth-order valence-electron chi connectivity index (χ4n) is 2.21. The highest BCUT2D eigenvalue weighted by atomic mass is 16.5. The summed E-state index contributed by atoms with van der Waals surface area (Å²) in [6.07, 6.45) is 3.25. The Morgan fingerprint density at radius 3 is 2.81 bits per heavy atom. The molecule has 1 aromatic carbocycles. The molecular formula is C16H19NO4. The molecule has 1 heterocycles. The minimum Gasteiger partial charge on any atom is -0.508 e. The number of hydrogen-bond donors (Lipinski definition) is 2. The summed E-state index contributed by atoms with van der Waals surface area (Å²) in [5.41, 5.74) is 0.0952. The van der Waals surface area contributed by atoms with Crippen molar-refractivity contribution in [1.29, 1.82) is 0 Å². The molecule has 5 heteroatoms. The fourth-order valence-corrected chi connectivity index (χ4v) is 2.21. The van der Waals surface area contributed by atoms with E-state index in [1.165, 1.54) is 22.8 Å². The molecule has 2 N–H and O–H groups in total. The largest absolute Gasteiger partial charge is 0.508 e. The number of rotatable bonds is 6. The summed E-state index contributed by atoms with van der Waals surface area (Å²) in [4.78, 5) is 12.5. The lowest BCUT2D eigenvalue weighted by atomic mass is 10.1. The first-order valence-electron chi connectivity index (χ1n) is 6.92. The standard InChI is InChI=1S/C16H19NO4/c1-3-5-8-17-13-10-11(18)6-7-12(13)14(19)15(16(17)20)21-9-4-2/h4,6-7,10,18-19H,2-3,5,8-9H2,1H3. The monoisotopic (exact) mass is 289 g/mol. The molecule has 1 aromatic heterocycles. The molecule has 2 rings (SSSR count). The van der Waals surface area contributed by atoms with Crippen LogP contribution in [0.15, 0.2) is 35.6 Å². The topological polar surface area (TPSA) is 71.7 Å². The Hall–Kier alpha value is -2.43. The molecule has 0 saturated carbocycles. The molecule has 0 aliphatic carbocycles. The summed E-state index contributed by atoms with van der Waals surface area (Å²) in [6, 6.07) is 4.51. The quantitative estimate of drug-likeness (QED) is 0.802. The van der Waals surface area contributed by atoms with Crippen LogP contribution in [0, 0.1) is 0 Å². The molecule has 0 aliphatic rings. The van der Waals surface area contributed by atoms with Crippen molar-refractivity contribution in [3.8, 4) is 17.2 Å². The average Bonchev–Trinajstić information content (AvgIpc) is 2.47.